The van der Waals surface area contributed by atoms with Gasteiger partial charge in [-0.15, -0.1) is 0 Å². The van der Waals surface area contributed by atoms with Crippen LogP contribution >= 0.6 is 0 Å². The van der Waals surface area contributed by atoms with Gasteiger partial charge in [0.15, 0.2) is 0 Å². The normalized spacial score (nSPS) is 15.8. The maximum Gasteiger partial charge on any atom is 0.0601 e. The van der Waals surface area contributed by atoms with Gasteiger partial charge >= 0.3 is 0 Å². The van der Waals surface area contributed by atoms with Gasteiger partial charge in [-0.2, -0.15) is 0 Å². The lowest BCUT2D eigenvalue weighted by Crippen LogP contribution is -2.31. The average molecular weight is 259 g/mol. The lowest BCUT2D eigenvalue weighted by molar-refractivity contribution is 0.551. The fraction of sp³-hybridized carbons (Fsp3) is 0.562. The molecule has 1 aliphatic heterocycles. The van der Waals surface area contributed by atoms with Gasteiger partial charge < -0.3 is 10.2 Å². The van der Waals surface area contributed by atoms with Crippen molar-refractivity contribution < 1.29 is 0 Å². The van der Waals surface area contributed by atoms with Crippen molar-refractivity contribution >= 4 is 5.69 Å². The van der Waals surface area contributed by atoms with Crippen molar-refractivity contribution in [2.45, 2.75) is 33.7 Å². The van der Waals surface area contributed by atoms with Gasteiger partial charge in [0.05, 0.1) is 11.9 Å². The van der Waals surface area contributed by atoms with Gasteiger partial charge in [0.1, 0.15) is 0 Å². The average Bonchev–Trinajstić information content (AvgIpc) is 2.39. The highest BCUT2D eigenvalue weighted by Gasteiger charge is 2.14. The summed E-state index contributed by atoms with van der Waals surface area (Å²) in [7, 11) is 0. The van der Waals surface area contributed by atoms with Crippen molar-refractivity contribution in [2.75, 3.05) is 24.5 Å². The predicted molar refractivity (Wildman–Crippen MR) is 81.4 cm³/mol. The van der Waals surface area contributed by atoms with E-state index in [9.17, 15) is 0 Å². The standard InChI is InChI=1S/C16H25N3/c1-13(2)9-18-10-15-6-7-17-11-16(15)19-8-4-5-14(3)12-19/h5-7,11,13,18H,4,8-10,12H2,1-3H3. The Morgan fingerprint density at radius 3 is 3.00 bits per heavy atom. The van der Waals surface area contributed by atoms with Crippen molar-refractivity contribution in [3.8, 4) is 0 Å². The number of anilines is 1. The summed E-state index contributed by atoms with van der Waals surface area (Å²) in [5, 5.41) is 3.52. The van der Waals surface area contributed by atoms with Crippen LogP contribution in [0.15, 0.2) is 30.1 Å². The zero-order valence-electron chi connectivity index (χ0n) is 12.3. The number of nitrogens with one attached hydrogen (secondary N) is 1. The number of hydrogen-bond donors (Lipinski definition) is 1. The van der Waals surface area contributed by atoms with Crippen molar-refractivity contribution in [3.63, 3.8) is 0 Å². The lowest BCUT2D eigenvalue weighted by atomic mass is 10.1. The number of nitrogens with zero attached hydrogens (tertiary/aromatic N) is 2. The Balaban J connectivity index is 2.05. The van der Waals surface area contributed by atoms with E-state index in [0.29, 0.717) is 5.92 Å². The van der Waals surface area contributed by atoms with Gasteiger partial charge in [0.2, 0.25) is 0 Å². The highest BCUT2D eigenvalue weighted by atomic mass is 15.1. The van der Waals surface area contributed by atoms with E-state index in [-0.39, 0.29) is 0 Å². The summed E-state index contributed by atoms with van der Waals surface area (Å²) in [5.74, 6) is 0.686. The van der Waals surface area contributed by atoms with E-state index in [1.807, 2.05) is 12.4 Å². The van der Waals surface area contributed by atoms with Gasteiger partial charge in [-0.1, -0.05) is 25.5 Å². The van der Waals surface area contributed by atoms with Crippen LogP contribution in [0.3, 0.4) is 0 Å². The maximum atomic E-state index is 4.30. The van der Waals surface area contributed by atoms with Crippen molar-refractivity contribution in [2.24, 2.45) is 5.92 Å². The third-order valence-electron chi connectivity index (χ3n) is 3.43. The van der Waals surface area contributed by atoms with Crippen molar-refractivity contribution in [1.82, 2.24) is 10.3 Å². The fourth-order valence-electron chi connectivity index (χ4n) is 2.46. The molecule has 0 saturated heterocycles. The summed E-state index contributed by atoms with van der Waals surface area (Å²) in [6, 6.07) is 2.14. The van der Waals surface area contributed by atoms with Gasteiger partial charge in [-0.25, -0.2) is 0 Å². The molecule has 0 radical (unpaired) electrons. The summed E-state index contributed by atoms with van der Waals surface area (Å²) < 4.78 is 0. The van der Waals surface area contributed by atoms with E-state index in [0.717, 1.165) is 32.6 Å². The Morgan fingerprint density at radius 2 is 2.26 bits per heavy atom. The molecule has 2 heterocycles. The minimum atomic E-state index is 0.686. The van der Waals surface area contributed by atoms with E-state index in [2.05, 4.69) is 48.1 Å². The molecular weight excluding hydrogens is 234 g/mol. The van der Waals surface area contributed by atoms with Crippen LogP contribution in [0.2, 0.25) is 0 Å². The largest absolute Gasteiger partial charge is 0.366 e. The maximum absolute atomic E-state index is 4.30. The van der Waals surface area contributed by atoms with Crippen molar-refractivity contribution in [1.29, 1.82) is 0 Å². The van der Waals surface area contributed by atoms with Crippen LogP contribution in [0.1, 0.15) is 32.8 Å². The molecule has 1 aromatic heterocycles. The highest BCUT2D eigenvalue weighted by Crippen LogP contribution is 2.23. The third kappa shape index (κ3) is 4.06. The first-order valence-electron chi connectivity index (χ1n) is 7.21. The monoisotopic (exact) mass is 259 g/mol. The molecule has 2 rings (SSSR count). The number of pyridine rings is 1. The quantitative estimate of drug-likeness (QED) is 0.824. The molecule has 0 bridgehead atoms. The topological polar surface area (TPSA) is 28.2 Å². The molecule has 0 saturated carbocycles. The summed E-state index contributed by atoms with van der Waals surface area (Å²) in [6.45, 7) is 10.8. The van der Waals surface area contributed by atoms with E-state index in [4.69, 9.17) is 0 Å². The molecule has 1 aromatic rings. The molecule has 3 nitrogen and oxygen atoms in total. The molecule has 1 aliphatic rings. The first-order chi connectivity index (χ1) is 9.16. The Hall–Kier alpha value is -1.35. The van der Waals surface area contributed by atoms with Crippen LogP contribution in [-0.2, 0) is 6.54 Å². The highest BCUT2D eigenvalue weighted by molar-refractivity contribution is 5.53. The van der Waals surface area contributed by atoms with Crippen LogP contribution in [0, 0.1) is 5.92 Å². The molecular formula is C16H25N3. The number of rotatable bonds is 5. The second-order valence-electron chi connectivity index (χ2n) is 5.79. The van der Waals surface area contributed by atoms with E-state index < -0.39 is 0 Å². The number of hydrogen-bond acceptors (Lipinski definition) is 3. The minimum Gasteiger partial charge on any atom is -0.366 e. The molecule has 0 aliphatic carbocycles. The zero-order valence-corrected chi connectivity index (χ0v) is 12.3. The second-order valence-corrected chi connectivity index (χ2v) is 5.79. The molecule has 0 aromatic carbocycles. The van der Waals surface area contributed by atoms with Crippen molar-refractivity contribution in [3.05, 3.63) is 35.7 Å². The first kappa shape index (κ1) is 14.1. The third-order valence-corrected chi connectivity index (χ3v) is 3.43. The zero-order chi connectivity index (χ0) is 13.7. The summed E-state index contributed by atoms with van der Waals surface area (Å²) >= 11 is 0. The summed E-state index contributed by atoms with van der Waals surface area (Å²) in [5.41, 5.74) is 4.09. The van der Waals surface area contributed by atoms with Crippen LogP contribution in [0.5, 0.6) is 0 Å². The lowest BCUT2D eigenvalue weighted by Gasteiger charge is -2.30. The molecule has 3 heteroatoms. The Bertz CT molecular complexity index is 437. The SMILES string of the molecule is CC1=CCCN(c2cnccc2CNCC(C)C)C1. The van der Waals surface area contributed by atoms with Crippen LogP contribution < -0.4 is 10.2 Å². The molecule has 0 amide bonds. The van der Waals surface area contributed by atoms with Gasteiger partial charge in [0, 0.05) is 25.8 Å². The molecule has 1 N–H and O–H groups in total. The Kier molecular flexibility index (Phi) is 4.97. The molecule has 0 atom stereocenters. The summed E-state index contributed by atoms with van der Waals surface area (Å²) in [6.07, 6.45) is 7.37. The van der Waals surface area contributed by atoms with Gasteiger partial charge in [-0.3, -0.25) is 4.98 Å². The molecule has 104 valence electrons. The molecule has 19 heavy (non-hydrogen) atoms. The van der Waals surface area contributed by atoms with E-state index in [1.54, 1.807) is 0 Å². The van der Waals surface area contributed by atoms with Crippen LogP contribution in [0.4, 0.5) is 5.69 Å². The van der Waals surface area contributed by atoms with Gasteiger partial charge in [0.25, 0.3) is 0 Å². The fourth-order valence-corrected chi connectivity index (χ4v) is 2.46. The van der Waals surface area contributed by atoms with Crippen LogP contribution in [-0.4, -0.2) is 24.6 Å². The summed E-state index contributed by atoms with van der Waals surface area (Å²) in [4.78, 5) is 6.74. The smallest absolute Gasteiger partial charge is 0.0601 e. The Labute approximate surface area is 116 Å². The predicted octanol–water partition coefficient (Wildman–Crippen LogP) is 2.98. The second kappa shape index (κ2) is 6.71. The molecule has 0 unspecified atom stereocenters. The van der Waals surface area contributed by atoms with Gasteiger partial charge in [-0.05, 0) is 37.4 Å². The Morgan fingerprint density at radius 1 is 1.42 bits per heavy atom. The first-order valence-corrected chi connectivity index (χ1v) is 7.21. The van der Waals surface area contributed by atoms with Crippen LogP contribution in [0.25, 0.3) is 0 Å². The van der Waals surface area contributed by atoms with E-state index in [1.165, 1.54) is 16.8 Å². The number of aromatic nitrogens is 1. The molecule has 0 fully saturated rings. The minimum absolute atomic E-state index is 0.686. The molecule has 0 spiro atoms. The van der Waals surface area contributed by atoms with E-state index >= 15 is 0 Å².